The number of phenols is 1. The number of hydrogen-bond donors (Lipinski definition) is 1. The van der Waals surface area contributed by atoms with Crippen LogP contribution in [0.1, 0.15) is 37.5 Å². The highest BCUT2D eigenvalue weighted by atomic mass is 16.6. The van der Waals surface area contributed by atoms with E-state index in [4.69, 9.17) is 4.74 Å². The third-order valence-electron chi connectivity index (χ3n) is 3.47. The van der Waals surface area contributed by atoms with Gasteiger partial charge in [0.1, 0.15) is 11.4 Å². The van der Waals surface area contributed by atoms with E-state index in [0.717, 1.165) is 24.0 Å². The van der Waals surface area contributed by atoms with Crippen LogP contribution in [0.2, 0.25) is 0 Å². The van der Waals surface area contributed by atoms with Gasteiger partial charge in [-0.1, -0.05) is 6.07 Å². The van der Waals surface area contributed by atoms with Crippen molar-refractivity contribution in [2.75, 3.05) is 13.1 Å². The maximum absolute atomic E-state index is 12.1. The molecule has 1 heterocycles. The molecular formula is C16H23NO3. The number of carbonyl (C=O) groups excluding carboxylic acids is 1. The first-order chi connectivity index (χ1) is 9.26. The predicted molar refractivity (Wildman–Crippen MR) is 78.1 cm³/mol. The third-order valence-corrected chi connectivity index (χ3v) is 3.47. The highest BCUT2D eigenvalue weighted by molar-refractivity contribution is 5.68. The Kier molecular flexibility index (Phi) is 3.93. The van der Waals surface area contributed by atoms with E-state index in [0.29, 0.717) is 18.8 Å². The topological polar surface area (TPSA) is 49.8 Å². The SMILES string of the molecule is Cc1cc2c(cc1O)CCN(C(=O)OC(C)(C)C)CC2. The molecule has 2 rings (SSSR count). The fourth-order valence-corrected chi connectivity index (χ4v) is 2.40. The van der Waals surface area contributed by atoms with Gasteiger partial charge in [-0.25, -0.2) is 4.79 Å². The van der Waals surface area contributed by atoms with E-state index in [9.17, 15) is 9.90 Å². The Morgan fingerprint density at radius 3 is 2.30 bits per heavy atom. The number of amides is 1. The number of phenolic OH excluding ortho intramolecular Hbond substituents is 1. The van der Waals surface area contributed by atoms with Crippen LogP contribution in [0, 0.1) is 6.92 Å². The van der Waals surface area contributed by atoms with E-state index >= 15 is 0 Å². The summed E-state index contributed by atoms with van der Waals surface area (Å²) < 4.78 is 5.42. The smallest absolute Gasteiger partial charge is 0.410 e. The number of aryl methyl sites for hydroxylation is 1. The van der Waals surface area contributed by atoms with Crippen molar-refractivity contribution in [2.45, 2.75) is 46.1 Å². The molecular weight excluding hydrogens is 254 g/mol. The molecule has 1 aromatic carbocycles. The Morgan fingerprint density at radius 2 is 1.75 bits per heavy atom. The summed E-state index contributed by atoms with van der Waals surface area (Å²) in [6.45, 7) is 8.80. The van der Waals surface area contributed by atoms with Crippen molar-refractivity contribution in [1.82, 2.24) is 4.90 Å². The molecule has 1 aliphatic heterocycles. The normalized spacial score (nSPS) is 15.5. The maximum Gasteiger partial charge on any atom is 0.410 e. The van der Waals surface area contributed by atoms with Crippen LogP contribution in [0.4, 0.5) is 4.79 Å². The second kappa shape index (κ2) is 5.35. The van der Waals surface area contributed by atoms with Gasteiger partial charge in [0, 0.05) is 13.1 Å². The lowest BCUT2D eigenvalue weighted by Crippen LogP contribution is -2.38. The maximum atomic E-state index is 12.1. The summed E-state index contributed by atoms with van der Waals surface area (Å²) in [5.41, 5.74) is 2.76. The Labute approximate surface area is 120 Å². The van der Waals surface area contributed by atoms with Crippen LogP contribution in [0.25, 0.3) is 0 Å². The molecule has 1 aromatic rings. The van der Waals surface area contributed by atoms with E-state index in [-0.39, 0.29) is 6.09 Å². The number of ether oxygens (including phenoxy) is 1. The van der Waals surface area contributed by atoms with Gasteiger partial charge in [0.15, 0.2) is 0 Å². The molecule has 0 spiro atoms. The molecule has 0 fully saturated rings. The third kappa shape index (κ3) is 3.44. The molecule has 0 saturated heterocycles. The number of fused-ring (bicyclic) bond motifs is 1. The molecule has 20 heavy (non-hydrogen) atoms. The fourth-order valence-electron chi connectivity index (χ4n) is 2.40. The minimum Gasteiger partial charge on any atom is -0.508 e. The number of hydrogen-bond acceptors (Lipinski definition) is 3. The largest absolute Gasteiger partial charge is 0.508 e. The molecule has 0 unspecified atom stereocenters. The predicted octanol–water partition coefficient (Wildman–Crippen LogP) is 3.04. The number of aromatic hydroxyl groups is 1. The molecule has 1 aliphatic rings. The lowest BCUT2D eigenvalue weighted by atomic mass is 10.00. The monoisotopic (exact) mass is 277 g/mol. The quantitative estimate of drug-likeness (QED) is 0.793. The van der Waals surface area contributed by atoms with Crippen molar-refractivity contribution in [3.05, 3.63) is 28.8 Å². The molecule has 0 aliphatic carbocycles. The minimum atomic E-state index is -0.467. The van der Waals surface area contributed by atoms with Crippen LogP contribution in [0.3, 0.4) is 0 Å². The fraction of sp³-hybridized carbons (Fsp3) is 0.562. The molecule has 4 nitrogen and oxygen atoms in total. The molecule has 1 N–H and O–H groups in total. The summed E-state index contributed by atoms with van der Waals surface area (Å²) in [6, 6.07) is 3.84. The van der Waals surface area contributed by atoms with Gasteiger partial charge in [0.2, 0.25) is 0 Å². The Bertz CT molecular complexity index is 484. The van der Waals surface area contributed by atoms with Crippen molar-refractivity contribution in [3.63, 3.8) is 0 Å². The second-order valence-corrected chi connectivity index (χ2v) is 6.37. The first-order valence-electron chi connectivity index (χ1n) is 7.05. The minimum absolute atomic E-state index is 0.258. The molecule has 4 heteroatoms. The zero-order valence-electron chi connectivity index (χ0n) is 12.7. The Morgan fingerprint density at radius 1 is 1.20 bits per heavy atom. The Hall–Kier alpha value is -1.71. The van der Waals surface area contributed by atoms with E-state index in [2.05, 4.69) is 0 Å². The lowest BCUT2D eigenvalue weighted by Gasteiger charge is -2.26. The van der Waals surface area contributed by atoms with Crippen molar-refractivity contribution < 1.29 is 14.6 Å². The van der Waals surface area contributed by atoms with E-state index in [1.54, 1.807) is 4.90 Å². The molecule has 0 saturated carbocycles. The molecule has 0 radical (unpaired) electrons. The molecule has 1 amide bonds. The van der Waals surface area contributed by atoms with Crippen molar-refractivity contribution in [1.29, 1.82) is 0 Å². The summed E-state index contributed by atoms with van der Waals surface area (Å²) in [4.78, 5) is 13.9. The average molecular weight is 277 g/mol. The average Bonchev–Trinajstić information content (AvgIpc) is 2.50. The summed E-state index contributed by atoms with van der Waals surface area (Å²) in [6.07, 6.45) is 1.30. The molecule has 0 bridgehead atoms. The zero-order chi connectivity index (χ0) is 14.9. The second-order valence-electron chi connectivity index (χ2n) is 6.37. The van der Waals surface area contributed by atoms with Gasteiger partial charge in [-0.2, -0.15) is 0 Å². The Balaban J connectivity index is 2.10. The summed E-state index contributed by atoms with van der Waals surface area (Å²) in [5.74, 6) is 0.328. The van der Waals surface area contributed by atoms with Gasteiger partial charge in [0.25, 0.3) is 0 Å². The first-order valence-corrected chi connectivity index (χ1v) is 7.05. The van der Waals surface area contributed by atoms with Gasteiger partial charge < -0.3 is 14.7 Å². The molecule has 0 atom stereocenters. The van der Waals surface area contributed by atoms with Gasteiger partial charge in [-0.05, 0) is 63.3 Å². The van der Waals surface area contributed by atoms with E-state index < -0.39 is 5.60 Å². The lowest BCUT2D eigenvalue weighted by molar-refractivity contribution is 0.0258. The van der Waals surface area contributed by atoms with Crippen LogP contribution in [-0.4, -0.2) is 34.8 Å². The number of carbonyl (C=O) groups is 1. The van der Waals surface area contributed by atoms with Crippen LogP contribution in [0.15, 0.2) is 12.1 Å². The molecule has 110 valence electrons. The highest BCUT2D eigenvalue weighted by Crippen LogP contribution is 2.25. The summed E-state index contributed by atoms with van der Waals surface area (Å²) >= 11 is 0. The van der Waals surface area contributed by atoms with Crippen molar-refractivity contribution >= 4 is 6.09 Å². The van der Waals surface area contributed by atoms with Crippen molar-refractivity contribution in [3.8, 4) is 5.75 Å². The van der Waals surface area contributed by atoms with Crippen LogP contribution in [-0.2, 0) is 17.6 Å². The molecule has 0 aromatic heterocycles. The van der Waals surface area contributed by atoms with Gasteiger partial charge >= 0.3 is 6.09 Å². The van der Waals surface area contributed by atoms with Crippen LogP contribution in [0.5, 0.6) is 5.75 Å². The summed E-state index contributed by atoms with van der Waals surface area (Å²) in [5, 5.41) is 9.79. The van der Waals surface area contributed by atoms with Gasteiger partial charge in [-0.15, -0.1) is 0 Å². The standard InChI is InChI=1S/C16H23NO3/c1-11-9-12-5-7-17(15(19)20-16(2,3)4)8-6-13(12)10-14(11)18/h9-10,18H,5-8H2,1-4H3. The van der Waals surface area contributed by atoms with Crippen molar-refractivity contribution in [2.24, 2.45) is 0 Å². The van der Waals surface area contributed by atoms with E-state index in [1.807, 2.05) is 39.8 Å². The van der Waals surface area contributed by atoms with Gasteiger partial charge in [0.05, 0.1) is 0 Å². The van der Waals surface area contributed by atoms with Gasteiger partial charge in [-0.3, -0.25) is 0 Å². The summed E-state index contributed by atoms with van der Waals surface area (Å²) in [7, 11) is 0. The number of nitrogens with zero attached hydrogens (tertiary/aromatic N) is 1. The first kappa shape index (κ1) is 14.7. The van der Waals surface area contributed by atoms with Crippen LogP contribution < -0.4 is 0 Å². The van der Waals surface area contributed by atoms with E-state index in [1.165, 1.54) is 5.56 Å². The highest BCUT2D eigenvalue weighted by Gasteiger charge is 2.24. The zero-order valence-corrected chi connectivity index (χ0v) is 12.7. The number of benzene rings is 1. The number of rotatable bonds is 0. The van der Waals surface area contributed by atoms with Crippen LogP contribution >= 0.6 is 0 Å².